The van der Waals surface area contributed by atoms with E-state index in [1.807, 2.05) is 123 Å². The third kappa shape index (κ3) is 9.12. The van der Waals surface area contributed by atoms with Crippen LogP contribution in [0.25, 0.3) is 0 Å². The second kappa shape index (κ2) is 18.4. The molecule has 11 heteroatoms. The highest BCUT2D eigenvalue weighted by Gasteiger charge is 2.42. The number of rotatable bonds is 15. The smallest absolute Gasteiger partial charge is 0.351 e. The van der Waals surface area contributed by atoms with Crippen molar-refractivity contribution < 1.29 is 33.6 Å². The zero-order chi connectivity index (χ0) is 41.4. The quantitative estimate of drug-likeness (QED) is 0.0791. The molecule has 0 saturated carbocycles. The molecule has 1 aliphatic heterocycles. The van der Waals surface area contributed by atoms with Crippen LogP contribution in [0.3, 0.4) is 0 Å². The Morgan fingerprint density at radius 3 is 1.92 bits per heavy atom. The van der Waals surface area contributed by atoms with E-state index in [2.05, 4.69) is 10.3 Å². The van der Waals surface area contributed by atoms with Gasteiger partial charge in [0.05, 0.1) is 18.2 Å². The molecule has 0 radical (unpaired) electrons. The summed E-state index contributed by atoms with van der Waals surface area (Å²) in [5, 5.41) is 13.7. The maximum atomic E-state index is 14.3. The van der Waals surface area contributed by atoms with Crippen LogP contribution in [0.15, 0.2) is 144 Å². The van der Waals surface area contributed by atoms with Gasteiger partial charge in [0.1, 0.15) is 42.1 Å². The molecule has 59 heavy (non-hydrogen) atoms. The fraction of sp³-hybridized carbons (Fsp3) is 0.250. The maximum absolute atomic E-state index is 14.3. The molecule has 1 saturated heterocycles. The van der Waals surface area contributed by atoms with Gasteiger partial charge in [-0.05, 0) is 79.8 Å². The molecule has 5 aromatic carbocycles. The Hall–Kier alpha value is -6.56. The van der Waals surface area contributed by atoms with Crippen molar-refractivity contribution in [1.29, 1.82) is 0 Å². The second-order valence-electron chi connectivity index (χ2n) is 14.6. The Kier molecular flexibility index (Phi) is 12.6. The van der Waals surface area contributed by atoms with E-state index in [1.165, 1.54) is 4.57 Å². The summed E-state index contributed by atoms with van der Waals surface area (Å²) in [7, 11) is 1.62. The minimum Gasteiger partial charge on any atom is -0.497 e. The molecule has 0 amide bonds. The van der Waals surface area contributed by atoms with Crippen LogP contribution in [0.5, 0.6) is 5.75 Å². The molecular formula is C48H47N3O8. The van der Waals surface area contributed by atoms with E-state index >= 15 is 0 Å². The predicted molar refractivity (Wildman–Crippen MR) is 224 cm³/mol. The van der Waals surface area contributed by atoms with E-state index in [1.54, 1.807) is 37.6 Å². The number of nitrogens with one attached hydrogen (secondary N) is 1. The zero-order valence-corrected chi connectivity index (χ0v) is 33.2. The van der Waals surface area contributed by atoms with Crippen LogP contribution in [0, 0.1) is 13.8 Å². The lowest BCUT2D eigenvalue weighted by atomic mass is 9.77. The number of nitrogens with zero attached hydrogens (tertiary/aromatic N) is 2. The van der Waals surface area contributed by atoms with Crippen LogP contribution in [0.2, 0.25) is 0 Å². The number of aliphatic hydroxyl groups is 1. The van der Waals surface area contributed by atoms with E-state index < -0.39 is 41.6 Å². The molecule has 2 N–H and O–H groups in total. The summed E-state index contributed by atoms with van der Waals surface area (Å²) in [5.41, 5.74) is 4.38. The SMILES string of the molecule is COc1ccc(C(Nc2nc(=O)n(C3CC(OC(=O)c4ccc(C)cc4)C(COC(=O)c4ccc(C)cc4)O3)cc2CCCO)(c2ccccc2)c2ccccc2)cc1. The second-order valence-corrected chi connectivity index (χ2v) is 14.6. The zero-order valence-electron chi connectivity index (χ0n) is 33.2. The van der Waals surface area contributed by atoms with Crippen molar-refractivity contribution in [2.24, 2.45) is 0 Å². The van der Waals surface area contributed by atoms with Gasteiger partial charge in [-0.3, -0.25) is 4.57 Å². The Morgan fingerprint density at radius 1 is 0.797 bits per heavy atom. The number of anilines is 1. The molecule has 1 aromatic heterocycles. The Balaban J connectivity index is 1.26. The number of hydrogen-bond donors (Lipinski definition) is 2. The van der Waals surface area contributed by atoms with E-state index in [0.717, 1.165) is 27.8 Å². The first-order chi connectivity index (χ1) is 28.7. The molecule has 0 spiro atoms. The van der Waals surface area contributed by atoms with Gasteiger partial charge in [0, 0.05) is 24.8 Å². The van der Waals surface area contributed by atoms with Gasteiger partial charge in [-0.15, -0.1) is 0 Å². The fourth-order valence-corrected chi connectivity index (χ4v) is 7.36. The normalized spacial score (nSPS) is 16.3. The van der Waals surface area contributed by atoms with Crippen LogP contribution in [0.1, 0.15) is 73.2 Å². The Bertz CT molecular complexity index is 2360. The number of carbonyl (C=O) groups excluding carboxylic acids is 2. The number of aryl methyl sites for hydroxylation is 3. The summed E-state index contributed by atoms with van der Waals surface area (Å²) < 4.78 is 25.0. The molecular weight excluding hydrogens is 747 g/mol. The highest BCUT2D eigenvalue weighted by molar-refractivity contribution is 5.90. The molecule has 2 heterocycles. The van der Waals surface area contributed by atoms with Crippen LogP contribution < -0.4 is 15.7 Å². The van der Waals surface area contributed by atoms with Crippen molar-refractivity contribution in [3.05, 3.63) is 195 Å². The number of carbonyl (C=O) groups is 2. The third-order valence-electron chi connectivity index (χ3n) is 10.6. The average molecular weight is 794 g/mol. The van der Waals surface area contributed by atoms with E-state index in [-0.39, 0.29) is 19.6 Å². The molecule has 0 aliphatic carbocycles. The van der Waals surface area contributed by atoms with E-state index in [0.29, 0.717) is 41.1 Å². The molecule has 11 nitrogen and oxygen atoms in total. The van der Waals surface area contributed by atoms with Gasteiger partial charge in [-0.1, -0.05) is 108 Å². The van der Waals surface area contributed by atoms with Gasteiger partial charge in [0.25, 0.3) is 0 Å². The highest BCUT2D eigenvalue weighted by atomic mass is 16.6. The standard InChI is InChI=1S/C48H47N3O8/c1-32-16-20-34(21-17-32)45(53)57-31-42-41(59-46(54)35-22-18-33(2)19-23-35)29-43(58-42)51-30-36(11-10-28-52)44(49-47(51)55)50-48(37-12-6-4-7-13-37,38-14-8-5-9-15-38)39-24-26-40(56-3)27-25-39/h4-9,12-27,30,41-43,52H,10-11,28-29,31H2,1-3H3,(H,49,50,55). The highest BCUT2D eigenvalue weighted by Crippen LogP contribution is 2.41. The molecule has 302 valence electrons. The number of ether oxygens (including phenoxy) is 4. The van der Waals surface area contributed by atoms with Crippen LogP contribution in [-0.2, 0) is 26.2 Å². The van der Waals surface area contributed by atoms with Gasteiger partial charge in [-0.25, -0.2) is 14.4 Å². The number of esters is 2. The molecule has 7 rings (SSSR count). The summed E-state index contributed by atoms with van der Waals surface area (Å²) >= 11 is 0. The third-order valence-corrected chi connectivity index (χ3v) is 10.6. The fourth-order valence-electron chi connectivity index (χ4n) is 7.36. The van der Waals surface area contributed by atoms with Crippen LogP contribution in [-0.4, -0.2) is 59.1 Å². The van der Waals surface area contributed by atoms with Crippen molar-refractivity contribution in [3.8, 4) is 5.75 Å². The Morgan fingerprint density at radius 2 is 1.36 bits per heavy atom. The van der Waals surface area contributed by atoms with E-state index in [9.17, 15) is 19.5 Å². The van der Waals surface area contributed by atoms with Crippen molar-refractivity contribution in [1.82, 2.24) is 9.55 Å². The Labute approximate surface area is 343 Å². The minimum atomic E-state index is -1.03. The number of aromatic nitrogens is 2. The van der Waals surface area contributed by atoms with Crippen molar-refractivity contribution in [2.45, 2.75) is 57.1 Å². The molecule has 6 aromatic rings. The van der Waals surface area contributed by atoms with Gasteiger partial charge in [0.2, 0.25) is 0 Å². The van der Waals surface area contributed by atoms with Crippen molar-refractivity contribution in [2.75, 3.05) is 25.6 Å². The first-order valence-electron chi connectivity index (χ1n) is 19.6. The van der Waals surface area contributed by atoms with Gasteiger partial charge < -0.3 is 29.4 Å². The average Bonchev–Trinajstić information content (AvgIpc) is 3.67. The van der Waals surface area contributed by atoms with Crippen LogP contribution in [0.4, 0.5) is 5.82 Å². The first-order valence-corrected chi connectivity index (χ1v) is 19.6. The summed E-state index contributed by atoms with van der Waals surface area (Å²) in [6.45, 7) is 3.53. The van der Waals surface area contributed by atoms with E-state index in [4.69, 9.17) is 18.9 Å². The molecule has 1 fully saturated rings. The minimum absolute atomic E-state index is 0.0853. The van der Waals surface area contributed by atoms with Crippen molar-refractivity contribution in [3.63, 3.8) is 0 Å². The maximum Gasteiger partial charge on any atom is 0.351 e. The molecule has 3 atom stereocenters. The lowest BCUT2D eigenvalue weighted by molar-refractivity contribution is -0.0582. The topological polar surface area (TPSA) is 138 Å². The largest absolute Gasteiger partial charge is 0.497 e. The monoisotopic (exact) mass is 793 g/mol. The molecule has 1 aliphatic rings. The number of hydrogen-bond acceptors (Lipinski definition) is 10. The number of aliphatic hydroxyl groups excluding tert-OH is 1. The predicted octanol–water partition coefficient (Wildman–Crippen LogP) is 7.57. The summed E-state index contributed by atoms with van der Waals surface area (Å²) in [6, 6.07) is 41.6. The van der Waals surface area contributed by atoms with Crippen molar-refractivity contribution >= 4 is 17.8 Å². The molecule has 3 unspecified atom stereocenters. The van der Waals surface area contributed by atoms with Gasteiger partial charge >= 0.3 is 17.6 Å². The van der Waals surface area contributed by atoms with Crippen LogP contribution >= 0.6 is 0 Å². The molecule has 0 bridgehead atoms. The summed E-state index contributed by atoms with van der Waals surface area (Å²) in [6.07, 6.45) is -0.165. The number of methoxy groups -OCH3 is 1. The summed E-state index contributed by atoms with van der Waals surface area (Å²) in [4.78, 5) is 45.4. The lowest BCUT2D eigenvalue weighted by Gasteiger charge is -2.38. The van der Waals surface area contributed by atoms with Gasteiger partial charge in [0.15, 0.2) is 0 Å². The lowest BCUT2D eigenvalue weighted by Crippen LogP contribution is -2.40. The first kappa shape index (κ1) is 40.6. The number of benzene rings is 5. The summed E-state index contributed by atoms with van der Waals surface area (Å²) in [5.74, 6) is -0.110. The van der Waals surface area contributed by atoms with Gasteiger partial charge in [-0.2, -0.15) is 4.98 Å².